The number of nitrogens with one attached hydrogen (secondary N) is 1. The highest BCUT2D eigenvalue weighted by Crippen LogP contribution is 2.33. The molecule has 0 aliphatic carbocycles. The number of thiazole rings is 1. The Morgan fingerprint density at radius 2 is 1.89 bits per heavy atom. The van der Waals surface area contributed by atoms with E-state index in [1.165, 1.54) is 23.2 Å². The molecule has 13 heteroatoms. The fourth-order valence-electron chi connectivity index (χ4n) is 5.91. The van der Waals surface area contributed by atoms with Gasteiger partial charge in [0.1, 0.15) is 23.8 Å². The molecule has 0 bridgehead atoms. The molecule has 2 fully saturated rings. The Labute approximate surface area is 262 Å². The van der Waals surface area contributed by atoms with Crippen LogP contribution >= 0.6 is 11.3 Å². The number of benzene rings is 3. The number of nitrogens with two attached hydrogens (primary N) is 1. The number of nitrogen functional groups attached to an aromatic ring is 1. The van der Waals surface area contributed by atoms with E-state index in [1.54, 1.807) is 39.1 Å². The molecule has 2 aliphatic rings. The highest BCUT2D eigenvalue weighted by Gasteiger charge is 2.52. The summed E-state index contributed by atoms with van der Waals surface area (Å²) in [5.74, 6) is -0.948. The van der Waals surface area contributed by atoms with Gasteiger partial charge in [0.05, 0.1) is 29.9 Å². The molecular weight excluding hydrogens is 597 g/mol. The van der Waals surface area contributed by atoms with Gasteiger partial charge in [-0.1, -0.05) is 65.9 Å². The van der Waals surface area contributed by atoms with Crippen LogP contribution in [-0.4, -0.2) is 79.6 Å². The average Bonchev–Trinajstić information content (AvgIpc) is 3.59. The third-order valence-corrected chi connectivity index (χ3v) is 8.91. The van der Waals surface area contributed by atoms with Crippen LogP contribution in [-0.2, 0) is 29.1 Å². The number of hydrogen-bond donors (Lipinski definition) is 3. The van der Waals surface area contributed by atoms with E-state index in [0.717, 1.165) is 22.5 Å². The highest BCUT2D eigenvalue weighted by atomic mass is 32.1. The van der Waals surface area contributed by atoms with Crippen LogP contribution < -0.4 is 11.1 Å². The van der Waals surface area contributed by atoms with Crippen molar-refractivity contribution in [3.05, 3.63) is 102 Å². The fourth-order valence-corrected chi connectivity index (χ4v) is 6.70. The summed E-state index contributed by atoms with van der Waals surface area (Å²) in [7, 11) is 0. The van der Waals surface area contributed by atoms with Gasteiger partial charge in [0.2, 0.25) is 11.8 Å². The van der Waals surface area contributed by atoms with Crippen molar-refractivity contribution >= 4 is 44.5 Å². The number of anilines is 1. The molecular formula is C32H32FN7O4S. The van der Waals surface area contributed by atoms with Crippen LogP contribution in [0.25, 0.3) is 10.2 Å². The molecule has 4 aromatic rings. The number of rotatable bonds is 9. The number of fused-ring (bicyclic) bond motifs is 2. The summed E-state index contributed by atoms with van der Waals surface area (Å²) in [5.41, 5.74) is 8.57. The molecule has 1 aromatic heterocycles. The van der Waals surface area contributed by atoms with E-state index < -0.39 is 24.1 Å². The number of nitrogens with zero attached hydrogens (tertiary/aromatic N) is 5. The van der Waals surface area contributed by atoms with Crippen molar-refractivity contribution in [3.63, 3.8) is 0 Å². The number of urea groups is 1. The maximum Gasteiger partial charge on any atom is 0.332 e. The molecule has 6 rings (SSSR count). The monoisotopic (exact) mass is 629 g/mol. The maximum atomic E-state index is 14.6. The molecule has 11 nitrogen and oxygen atoms in total. The van der Waals surface area contributed by atoms with Gasteiger partial charge in [0.15, 0.2) is 5.13 Å². The van der Waals surface area contributed by atoms with Crippen LogP contribution in [0.15, 0.2) is 79.4 Å². The van der Waals surface area contributed by atoms with E-state index in [1.807, 2.05) is 30.3 Å². The van der Waals surface area contributed by atoms with Gasteiger partial charge >= 0.3 is 6.03 Å². The van der Waals surface area contributed by atoms with Gasteiger partial charge in [-0.05, 0) is 34.9 Å². The number of phenolic OH excluding ortho intramolecular Hbond substituents is 1. The maximum absolute atomic E-state index is 14.6. The lowest BCUT2D eigenvalue weighted by molar-refractivity contribution is -0.157. The summed E-state index contributed by atoms with van der Waals surface area (Å²) in [6, 6.07) is 17.6. The first kappa shape index (κ1) is 30.0. The van der Waals surface area contributed by atoms with Gasteiger partial charge in [-0.25, -0.2) is 14.2 Å². The molecule has 0 saturated carbocycles. The molecule has 4 amide bonds. The standard InChI is InChI=1S/C32H32FN7O4S/c1-2-14-38(32(44)35-16-21-6-4-3-5-7-21)39-19-27(42)40-25(15-20-8-11-23(41)12-9-20)30(43)37(18-26(39)40)17-22-10-13-24(33)29-28(22)36-31(34)45-29/h2-13,25-26,41H,1,14-19H2,(H2,34,36)(H,35,44)/t25-,26+/m1/s1. The van der Waals surface area contributed by atoms with E-state index in [-0.39, 0.29) is 61.8 Å². The smallest absolute Gasteiger partial charge is 0.332 e. The minimum atomic E-state index is -0.889. The lowest BCUT2D eigenvalue weighted by Gasteiger charge is -2.46. The van der Waals surface area contributed by atoms with Crippen molar-refractivity contribution in [2.45, 2.75) is 31.7 Å². The second-order valence-corrected chi connectivity index (χ2v) is 12.0. The molecule has 0 spiro atoms. The van der Waals surface area contributed by atoms with Crippen LogP contribution in [0.3, 0.4) is 0 Å². The Balaban J connectivity index is 1.33. The largest absolute Gasteiger partial charge is 0.508 e. The summed E-state index contributed by atoms with van der Waals surface area (Å²) in [4.78, 5) is 48.8. The van der Waals surface area contributed by atoms with Crippen LogP contribution in [0.5, 0.6) is 5.75 Å². The number of carbonyl (C=O) groups excluding carboxylic acids is 3. The van der Waals surface area contributed by atoms with Crippen molar-refractivity contribution in [3.8, 4) is 5.75 Å². The molecule has 2 atom stereocenters. The quantitative estimate of drug-likeness (QED) is 0.242. The Morgan fingerprint density at radius 1 is 1.13 bits per heavy atom. The predicted octanol–water partition coefficient (Wildman–Crippen LogP) is 3.46. The summed E-state index contributed by atoms with van der Waals surface area (Å²) in [5, 5.41) is 16.1. The van der Waals surface area contributed by atoms with Crippen molar-refractivity contribution in [1.29, 1.82) is 0 Å². The zero-order valence-electron chi connectivity index (χ0n) is 24.3. The first-order chi connectivity index (χ1) is 21.7. The number of piperazine rings is 1. The van der Waals surface area contributed by atoms with Crippen LogP contribution in [0, 0.1) is 5.82 Å². The number of carbonyl (C=O) groups is 3. The fraction of sp³-hybridized carbons (Fsp3) is 0.250. The Morgan fingerprint density at radius 3 is 2.62 bits per heavy atom. The van der Waals surface area contributed by atoms with E-state index in [2.05, 4.69) is 16.9 Å². The lowest BCUT2D eigenvalue weighted by Crippen LogP contribution is -2.66. The van der Waals surface area contributed by atoms with E-state index in [4.69, 9.17) is 5.73 Å². The summed E-state index contributed by atoms with van der Waals surface area (Å²) >= 11 is 1.04. The third-order valence-electron chi connectivity index (χ3n) is 8.02. The topological polar surface area (TPSA) is 135 Å². The van der Waals surface area contributed by atoms with Crippen LogP contribution in [0.1, 0.15) is 16.7 Å². The molecule has 232 valence electrons. The second kappa shape index (κ2) is 12.5. The number of phenols is 1. The van der Waals surface area contributed by atoms with E-state index in [9.17, 15) is 23.9 Å². The normalized spacial score (nSPS) is 18.3. The number of hydrogen-bond acceptors (Lipinski definition) is 8. The van der Waals surface area contributed by atoms with E-state index in [0.29, 0.717) is 15.8 Å². The SMILES string of the molecule is C=CCN(C(=O)NCc1ccccc1)N1CC(=O)N2[C@H](Cc3ccc(O)cc3)C(=O)N(Cc3ccc(F)c4sc(N)nc34)C[C@H]21. The Kier molecular flexibility index (Phi) is 8.37. The van der Waals surface area contributed by atoms with Gasteiger partial charge in [-0.15, -0.1) is 6.58 Å². The van der Waals surface area contributed by atoms with Gasteiger partial charge in [0, 0.05) is 19.5 Å². The minimum absolute atomic E-state index is 0.0843. The molecule has 45 heavy (non-hydrogen) atoms. The van der Waals surface area contributed by atoms with Crippen molar-refractivity contribution in [2.75, 3.05) is 25.4 Å². The Bertz CT molecular complexity index is 1750. The van der Waals surface area contributed by atoms with Gasteiger partial charge in [0.25, 0.3) is 0 Å². The predicted molar refractivity (Wildman–Crippen MR) is 168 cm³/mol. The molecule has 4 N–H and O–H groups in total. The van der Waals surface area contributed by atoms with Crippen molar-refractivity contribution in [1.82, 2.24) is 30.1 Å². The van der Waals surface area contributed by atoms with E-state index >= 15 is 0 Å². The number of halogens is 1. The molecule has 2 saturated heterocycles. The molecule has 0 unspecified atom stereocenters. The first-order valence-corrected chi connectivity index (χ1v) is 15.2. The summed E-state index contributed by atoms with van der Waals surface area (Å²) < 4.78 is 14.9. The summed E-state index contributed by atoms with van der Waals surface area (Å²) in [6.07, 6.45) is 1.10. The second-order valence-electron chi connectivity index (χ2n) is 10.9. The lowest BCUT2D eigenvalue weighted by atomic mass is 9.99. The molecule has 3 aromatic carbocycles. The molecule has 2 aliphatic heterocycles. The molecule has 3 heterocycles. The zero-order valence-corrected chi connectivity index (χ0v) is 25.1. The minimum Gasteiger partial charge on any atom is -0.508 e. The first-order valence-electron chi connectivity index (χ1n) is 14.4. The third kappa shape index (κ3) is 6.04. The van der Waals surface area contributed by atoms with Crippen LogP contribution in [0.2, 0.25) is 0 Å². The zero-order chi connectivity index (χ0) is 31.7. The molecule has 0 radical (unpaired) electrons. The number of hydrazine groups is 1. The van der Waals surface area contributed by atoms with Crippen LogP contribution in [0.4, 0.5) is 14.3 Å². The van der Waals surface area contributed by atoms with Crippen molar-refractivity contribution < 1.29 is 23.9 Å². The number of amides is 4. The van der Waals surface area contributed by atoms with Crippen molar-refractivity contribution in [2.24, 2.45) is 0 Å². The Hall–Kier alpha value is -5.01. The highest BCUT2D eigenvalue weighted by molar-refractivity contribution is 7.22. The van der Waals surface area contributed by atoms with Gasteiger partial charge in [-0.3, -0.25) is 14.6 Å². The van der Waals surface area contributed by atoms with Gasteiger partial charge in [-0.2, -0.15) is 5.01 Å². The number of aromatic nitrogens is 1. The summed E-state index contributed by atoms with van der Waals surface area (Å²) in [6.45, 7) is 4.30. The average molecular weight is 630 g/mol. The number of aromatic hydroxyl groups is 1. The van der Waals surface area contributed by atoms with Gasteiger partial charge < -0.3 is 26.0 Å².